The maximum absolute atomic E-state index is 12.1. The molecule has 4 nitrogen and oxygen atoms in total. The smallest absolute Gasteiger partial charge is 0.406 e. The van der Waals surface area contributed by atoms with Crippen molar-refractivity contribution in [3.63, 3.8) is 0 Å². The monoisotopic (exact) mass is 331 g/mol. The van der Waals surface area contributed by atoms with Crippen molar-refractivity contribution in [3.05, 3.63) is 54.1 Å². The van der Waals surface area contributed by atoms with Gasteiger partial charge in [0.05, 0.1) is 4.90 Å². The summed E-state index contributed by atoms with van der Waals surface area (Å²) in [7, 11) is -3.88. The van der Waals surface area contributed by atoms with Gasteiger partial charge in [-0.25, -0.2) is 8.42 Å². The lowest BCUT2D eigenvalue weighted by atomic mass is 10.2. The third-order valence-electron chi connectivity index (χ3n) is 2.64. The van der Waals surface area contributed by atoms with E-state index in [1.54, 1.807) is 31.2 Å². The molecule has 0 heterocycles. The Bertz CT molecular complexity index is 756. The molecule has 2 aromatic carbocycles. The molecule has 118 valence electrons. The molecule has 2 rings (SSSR count). The van der Waals surface area contributed by atoms with Gasteiger partial charge in [-0.05, 0) is 48.9 Å². The number of alkyl halides is 3. The highest BCUT2D eigenvalue weighted by Gasteiger charge is 2.31. The Kier molecular flexibility index (Phi) is 4.32. The lowest BCUT2D eigenvalue weighted by Gasteiger charge is -2.11. The highest BCUT2D eigenvalue weighted by Crippen LogP contribution is 2.24. The van der Waals surface area contributed by atoms with Gasteiger partial charge in [0.15, 0.2) is 0 Å². The van der Waals surface area contributed by atoms with E-state index in [-0.39, 0.29) is 4.90 Å². The van der Waals surface area contributed by atoms with Gasteiger partial charge in [0.2, 0.25) is 0 Å². The van der Waals surface area contributed by atoms with Crippen LogP contribution in [0.1, 0.15) is 5.56 Å². The van der Waals surface area contributed by atoms with E-state index in [2.05, 4.69) is 9.46 Å². The Morgan fingerprint density at radius 3 is 2.23 bits per heavy atom. The molecule has 8 heteroatoms. The third kappa shape index (κ3) is 4.39. The Hall–Kier alpha value is -2.22. The van der Waals surface area contributed by atoms with Crippen LogP contribution >= 0.6 is 0 Å². The van der Waals surface area contributed by atoms with Gasteiger partial charge in [-0.3, -0.25) is 4.72 Å². The molecule has 1 N–H and O–H groups in total. The molecule has 2 aromatic rings. The van der Waals surface area contributed by atoms with Crippen LogP contribution in [0.2, 0.25) is 0 Å². The third-order valence-corrected chi connectivity index (χ3v) is 4.04. The molecule has 0 aromatic heterocycles. The number of anilines is 1. The maximum Gasteiger partial charge on any atom is 0.573 e. The summed E-state index contributed by atoms with van der Waals surface area (Å²) in [6, 6.07) is 10.7. The second-order valence-corrected chi connectivity index (χ2v) is 6.18. The number of sulfonamides is 1. The molecular weight excluding hydrogens is 319 g/mol. The lowest BCUT2D eigenvalue weighted by molar-refractivity contribution is -0.274. The minimum absolute atomic E-state index is 0.163. The minimum atomic E-state index is -4.82. The number of nitrogens with one attached hydrogen (secondary N) is 1. The number of rotatable bonds is 4. The number of aryl methyl sites for hydroxylation is 1. The van der Waals surface area contributed by atoms with Gasteiger partial charge in [-0.2, -0.15) is 0 Å². The number of hydrogen-bond donors (Lipinski definition) is 1. The topological polar surface area (TPSA) is 55.4 Å². The minimum Gasteiger partial charge on any atom is -0.406 e. The molecule has 0 bridgehead atoms. The van der Waals surface area contributed by atoms with Crippen molar-refractivity contribution in [1.29, 1.82) is 0 Å². The van der Waals surface area contributed by atoms with Crippen LogP contribution in [0, 0.1) is 6.92 Å². The van der Waals surface area contributed by atoms with Crippen molar-refractivity contribution in [2.24, 2.45) is 0 Å². The van der Waals surface area contributed by atoms with Crippen LogP contribution in [-0.2, 0) is 10.0 Å². The van der Waals surface area contributed by atoms with Crippen molar-refractivity contribution >= 4 is 15.7 Å². The predicted octanol–water partition coefficient (Wildman–Crippen LogP) is 3.69. The molecule has 0 amide bonds. The fourth-order valence-corrected chi connectivity index (χ4v) is 2.79. The summed E-state index contributed by atoms with van der Waals surface area (Å²) in [6.07, 6.45) is -4.82. The molecule has 0 fully saturated rings. The van der Waals surface area contributed by atoms with Gasteiger partial charge in [-0.1, -0.05) is 12.1 Å². The summed E-state index contributed by atoms with van der Waals surface area (Å²) in [4.78, 5) is -0.163. The van der Waals surface area contributed by atoms with Crippen LogP contribution in [-0.4, -0.2) is 14.8 Å². The van der Waals surface area contributed by atoms with Crippen molar-refractivity contribution in [2.75, 3.05) is 4.72 Å². The lowest BCUT2D eigenvalue weighted by Crippen LogP contribution is -2.17. The summed E-state index contributed by atoms with van der Waals surface area (Å²) in [5, 5.41) is 0. The van der Waals surface area contributed by atoms with E-state index < -0.39 is 22.1 Å². The van der Waals surface area contributed by atoms with Crippen molar-refractivity contribution < 1.29 is 26.3 Å². The average molecular weight is 331 g/mol. The average Bonchev–Trinajstić information content (AvgIpc) is 2.36. The van der Waals surface area contributed by atoms with Crippen molar-refractivity contribution in [1.82, 2.24) is 0 Å². The number of ether oxygens (including phenoxy) is 1. The first kappa shape index (κ1) is 16.2. The number of hydrogen-bond acceptors (Lipinski definition) is 3. The van der Waals surface area contributed by atoms with E-state index in [0.29, 0.717) is 5.69 Å². The molecule has 0 saturated carbocycles. The van der Waals surface area contributed by atoms with Crippen LogP contribution in [0.15, 0.2) is 53.4 Å². The SMILES string of the molecule is Cc1cccc(NS(=O)(=O)c2ccc(OC(F)(F)F)cc2)c1. The summed E-state index contributed by atoms with van der Waals surface area (Å²) >= 11 is 0. The summed E-state index contributed by atoms with van der Waals surface area (Å²) in [5.41, 5.74) is 1.24. The summed E-state index contributed by atoms with van der Waals surface area (Å²) in [5.74, 6) is -0.484. The Morgan fingerprint density at radius 1 is 1.05 bits per heavy atom. The van der Waals surface area contributed by atoms with Gasteiger partial charge in [0, 0.05) is 5.69 Å². The Labute approximate surface area is 125 Å². The standard InChI is InChI=1S/C14H12F3NO3S/c1-10-3-2-4-11(9-10)18-22(19,20)13-7-5-12(6-8-13)21-14(15,16)17/h2-9,18H,1H3. The predicted molar refractivity (Wildman–Crippen MR) is 75.1 cm³/mol. The maximum atomic E-state index is 12.1. The zero-order chi connectivity index (χ0) is 16.4. The van der Waals surface area contributed by atoms with Gasteiger partial charge in [0.25, 0.3) is 10.0 Å². The van der Waals surface area contributed by atoms with E-state index in [1.807, 2.05) is 0 Å². The van der Waals surface area contributed by atoms with Crippen LogP contribution < -0.4 is 9.46 Å². The second kappa shape index (κ2) is 5.88. The first-order valence-electron chi connectivity index (χ1n) is 6.11. The normalized spacial score (nSPS) is 12.0. The van der Waals surface area contributed by atoms with Crippen molar-refractivity contribution in [2.45, 2.75) is 18.2 Å². The fraction of sp³-hybridized carbons (Fsp3) is 0.143. The summed E-state index contributed by atoms with van der Waals surface area (Å²) < 4.78 is 66.5. The first-order valence-corrected chi connectivity index (χ1v) is 7.59. The first-order chi connectivity index (χ1) is 10.2. The Balaban J connectivity index is 2.19. The highest BCUT2D eigenvalue weighted by atomic mass is 32.2. The quantitative estimate of drug-likeness (QED) is 0.929. The molecule has 0 saturated heterocycles. The molecule has 0 atom stereocenters. The highest BCUT2D eigenvalue weighted by molar-refractivity contribution is 7.92. The molecular formula is C14H12F3NO3S. The molecule has 0 aliphatic rings. The van der Waals surface area contributed by atoms with E-state index in [4.69, 9.17) is 0 Å². The van der Waals surface area contributed by atoms with E-state index in [9.17, 15) is 21.6 Å². The van der Waals surface area contributed by atoms with Crippen LogP contribution in [0.4, 0.5) is 18.9 Å². The van der Waals surface area contributed by atoms with Gasteiger partial charge in [0.1, 0.15) is 5.75 Å². The van der Waals surface area contributed by atoms with Gasteiger partial charge >= 0.3 is 6.36 Å². The molecule has 22 heavy (non-hydrogen) atoms. The Morgan fingerprint density at radius 2 is 1.68 bits per heavy atom. The number of benzene rings is 2. The zero-order valence-electron chi connectivity index (χ0n) is 11.4. The molecule has 0 aliphatic heterocycles. The van der Waals surface area contributed by atoms with E-state index >= 15 is 0 Å². The van der Waals surface area contributed by atoms with Gasteiger partial charge < -0.3 is 4.74 Å². The van der Waals surface area contributed by atoms with Crippen LogP contribution in [0.25, 0.3) is 0 Å². The van der Waals surface area contributed by atoms with E-state index in [0.717, 1.165) is 29.8 Å². The summed E-state index contributed by atoms with van der Waals surface area (Å²) in [6.45, 7) is 1.81. The van der Waals surface area contributed by atoms with Gasteiger partial charge in [-0.15, -0.1) is 13.2 Å². The fourth-order valence-electron chi connectivity index (χ4n) is 1.74. The molecule has 0 spiro atoms. The second-order valence-electron chi connectivity index (χ2n) is 4.49. The van der Waals surface area contributed by atoms with Crippen molar-refractivity contribution in [3.8, 4) is 5.75 Å². The number of halogens is 3. The largest absolute Gasteiger partial charge is 0.573 e. The molecule has 0 unspecified atom stereocenters. The molecule has 0 aliphatic carbocycles. The van der Waals surface area contributed by atoms with Crippen LogP contribution in [0.5, 0.6) is 5.75 Å². The zero-order valence-corrected chi connectivity index (χ0v) is 12.2. The van der Waals surface area contributed by atoms with Crippen LogP contribution in [0.3, 0.4) is 0 Å². The van der Waals surface area contributed by atoms with E-state index in [1.165, 1.54) is 0 Å². The molecule has 0 radical (unpaired) electrons.